The monoisotopic (exact) mass is 148 g/mol. The van der Waals surface area contributed by atoms with Gasteiger partial charge in [0, 0.05) is 12.4 Å². The zero-order chi connectivity index (χ0) is 7.52. The van der Waals surface area contributed by atoms with Gasteiger partial charge in [0.1, 0.15) is 0 Å². The van der Waals surface area contributed by atoms with Crippen LogP contribution in [0.3, 0.4) is 0 Å². The van der Waals surface area contributed by atoms with Crippen LogP contribution >= 0.6 is 0 Å². The molecule has 0 radical (unpaired) electrons. The van der Waals surface area contributed by atoms with Gasteiger partial charge in [-0.2, -0.15) is 0 Å². The predicted molar refractivity (Wildman–Crippen MR) is 35.2 cm³/mol. The molecule has 0 saturated carbocycles. The summed E-state index contributed by atoms with van der Waals surface area (Å²) in [5.74, 6) is 0.975. The molecular weight excluding hydrogens is 144 g/mol. The average Bonchev–Trinajstić information content (AvgIpc) is 2.58. The Morgan fingerprint density at radius 2 is 2.00 bits per heavy atom. The largest absolute Gasteiger partial charge is 0.342 e. The fourth-order valence-corrected chi connectivity index (χ4v) is 0.686. The highest BCUT2D eigenvalue weighted by Crippen LogP contribution is 2.02. The van der Waals surface area contributed by atoms with Gasteiger partial charge in [-0.05, 0) is 0 Å². The predicted octanol–water partition coefficient (Wildman–Crippen LogP) is -0.343. The molecule has 0 amide bonds. The van der Waals surface area contributed by atoms with Gasteiger partial charge in [-0.15, -0.1) is 20.4 Å². The van der Waals surface area contributed by atoms with E-state index in [1.54, 1.807) is 12.4 Å². The molecule has 2 aromatic heterocycles. The van der Waals surface area contributed by atoms with Gasteiger partial charge in [0.15, 0.2) is 12.2 Å². The topological polar surface area (TPSA) is 80.2 Å². The van der Waals surface area contributed by atoms with Crippen molar-refractivity contribution in [3.63, 3.8) is 0 Å². The number of aromatic nitrogens is 6. The Morgan fingerprint density at radius 1 is 1.18 bits per heavy atom. The number of imidazole rings is 1. The number of hydrogen-bond donors (Lipinski definition) is 1. The molecule has 0 bridgehead atoms. The molecule has 6 heteroatoms. The zero-order valence-electron chi connectivity index (χ0n) is 5.47. The van der Waals surface area contributed by atoms with Crippen LogP contribution in [0.4, 0.5) is 0 Å². The Kier molecular flexibility index (Phi) is 1.29. The average molecular weight is 148 g/mol. The fourth-order valence-electron chi connectivity index (χ4n) is 0.686. The Bertz CT molecular complexity index is 314. The molecule has 0 saturated heterocycles. The minimum atomic E-state index is 0.400. The summed E-state index contributed by atoms with van der Waals surface area (Å²) in [6.45, 7) is 0. The molecule has 0 aliphatic heterocycles. The Labute approximate surface area is 61.7 Å². The number of H-pyrrole nitrogens is 1. The first kappa shape index (κ1) is 5.90. The maximum absolute atomic E-state index is 3.93. The molecule has 2 heterocycles. The lowest BCUT2D eigenvalue weighted by atomic mass is 10.6. The van der Waals surface area contributed by atoms with Crippen molar-refractivity contribution in [2.45, 2.75) is 0 Å². The third-order valence-corrected chi connectivity index (χ3v) is 1.12. The minimum Gasteiger partial charge on any atom is -0.342 e. The lowest BCUT2D eigenvalue weighted by molar-refractivity contribution is 0.855. The Morgan fingerprint density at radius 3 is 2.64 bits per heavy atom. The van der Waals surface area contributed by atoms with Gasteiger partial charge in [0.2, 0.25) is 5.82 Å². The molecule has 0 aliphatic rings. The smallest absolute Gasteiger partial charge is 0.238 e. The van der Waals surface area contributed by atoms with E-state index in [1.165, 1.54) is 6.33 Å². The van der Waals surface area contributed by atoms with Crippen molar-refractivity contribution in [3.05, 3.63) is 18.7 Å². The molecule has 54 valence electrons. The highest BCUT2D eigenvalue weighted by Gasteiger charge is 2.01. The van der Waals surface area contributed by atoms with E-state index < -0.39 is 0 Å². The van der Waals surface area contributed by atoms with Gasteiger partial charge >= 0.3 is 0 Å². The maximum Gasteiger partial charge on any atom is 0.238 e. The summed E-state index contributed by atoms with van der Waals surface area (Å²) in [6.07, 6.45) is 4.57. The first-order valence-electron chi connectivity index (χ1n) is 2.97. The second-order valence-electron chi connectivity index (χ2n) is 1.81. The molecule has 1 N–H and O–H groups in total. The van der Waals surface area contributed by atoms with E-state index in [4.69, 9.17) is 0 Å². The highest BCUT2D eigenvalue weighted by atomic mass is 15.3. The summed E-state index contributed by atoms with van der Waals surface area (Å²) < 4.78 is 0. The zero-order valence-corrected chi connectivity index (χ0v) is 5.47. The molecule has 0 spiro atoms. The summed E-state index contributed by atoms with van der Waals surface area (Å²) in [6, 6.07) is 0. The highest BCUT2D eigenvalue weighted by molar-refractivity contribution is 5.39. The van der Waals surface area contributed by atoms with Crippen LogP contribution in [0.15, 0.2) is 18.7 Å². The second-order valence-corrected chi connectivity index (χ2v) is 1.81. The summed E-state index contributed by atoms with van der Waals surface area (Å²) in [7, 11) is 0. The number of aromatic amines is 1. The standard InChI is InChI=1S/C5H4N6/c1-2-7-4(6-1)5-10-8-3-9-11-5/h1-3H,(H,6,7). The van der Waals surface area contributed by atoms with E-state index in [9.17, 15) is 0 Å². The Balaban J connectivity index is 2.46. The molecular formula is C5H4N6. The maximum atomic E-state index is 3.93. The summed E-state index contributed by atoms with van der Waals surface area (Å²) in [5, 5.41) is 14.5. The van der Waals surface area contributed by atoms with Crippen LogP contribution < -0.4 is 0 Å². The van der Waals surface area contributed by atoms with Crippen LogP contribution in [0.5, 0.6) is 0 Å². The van der Waals surface area contributed by atoms with Gasteiger partial charge in [0.25, 0.3) is 0 Å². The molecule has 0 unspecified atom stereocenters. The summed E-state index contributed by atoms with van der Waals surface area (Å²) in [5.41, 5.74) is 0. The lowest BCUT2D eigenvalue weighted by Crippen LogP contribution is -1.94. The van der Waals surface area contributed by atoms with E-state index in [0.29, 0.717) is 11.6 Å². The molecule has 2 aromatic rings. The first-order valence-corrected chi connectivity index (χ1v) is 2.97. The molecule has 0 aromatic carbocycles. The Hall–Kier alpha value is -1.85. The summed E-state index contributed by atoms with van der Waals surface area (Å²) >= 11 is 0. The molecule has 11 heavy (non-hydrogen) atoms. The molecule has 0 aliphatic carbocycles. The number of nitrogens with one attached hydrogen (secondary N) is 1. The van der Waals surface area contributed by atoms with E-state index in [2.05, 4.69) is 30.4 Å². The molecule has 6 nitrogen and oxygen atoms in total. The molecule has 0 fully saturated rings. The third kappa shape index (κ3) is 1.05. The van der Waals surface area contributed by atoms with Gasteiger partial charge in [-0.3, -0.25) is 0 Å². The molecule has 2 rings (SSSR count). The second kappa shape index (κ2) is 2.41. The number of nitrogens with zero attached hydrogens (tertiary/aromatic N) is 5. The van der Waals surface area contributed by atoms with Crippen LogP contribution in [-0.4, -0.2) is 30.4 Å². The first-order chi connectivity index (χ1) is 5.47. The fraction of sp³-hybridized carbons (Fsp3) is 0. The lowest BCUT2D eigenvalue weighted by Gasteiger charge is -1.87. The summed E-state index contributed by atoms with van der Waals surface area (Å²) in [4.78, 5) is 6.76. The third-order valence-electron chi connectivity index (χ3n) is 1.12. The molecule has 0 atom stereocenters. The normalized spacial score (nSPS) is 9.82. The van der Waals surface area contributed by atoms with Crippen LogP contribution in [0, 0.1) is 0 Å². The van der Waals surface area contributed by atoms with Gasteiger partial charge in [-0.25, -0.2) is 4.98 Å². The van der Waals surface area contributed by atoms with Crippen molar-refractivity contribution in [2.24, 2.45) is 0 Å². The van der Waals surface area contributed by atoms with Gasteiger partial charge in [0.05, 0.1) is 0 Å². The van der Waals surface area contributed by atoms with Gasteiger partial charge in [-0.1, -0.05) is 0 Å². The van der Waals surface area contributed by atoms with Gasteiger partial charge < -0.3 is 4.98 Å². The van der Waals surface area contributed by atoms with Crippen LogP contribution in [0.1, 0.15) is 0 Å². The SMILES string of the molecule is c1nnc(-c2ncc[nH]2)nn1. The number of hydrogen-bond acceptors (Lipinski definition) is 5. The van der Waals surface area contributed by atoms with Crippen molar-refractivity contribution in [1.29, 1.82) is 0 Å². The van der Waals surface area contributed by atoms with Crippen molar-refractivity contribution in [2.75, 3.05) is 0 Å². The van der Waals surface area contributed by atoms with E-state index in [0.717, 1.165) is 0 Å². The number of rotatable bonds is 1. The van der Waals surface area contributed by atoms with E-state index in [-0.39, 0.29) is 0 Å². The van der Waals surface area contributed by atoms with E-state index >= 15 is 0 Å². The van der Waals surface area contributed by atoms with Crippen LogP contribution in [0.25, 0.3) is 11.6 Å². The van der Waals surface area contributed by atoms with Crippen LogP contribution in [-0.2, 0) is 0 Å². The van der Waals surface area contributed by atoms with Crippen LogP contribution in [0.2, 0.25) is 0 Å². The quantitative estimate of drug-likeness (QED) is 0.598. The van der Waals surface area contributed by atoms with Crippen molar-refractivity contribution < 1.29 is 0 Å². The van der Waals surface area contributed by atoms with Crippen molar-refractivity contribution in [3.8, 4) is 11.6 Å². The minimum absolute atomic E-state index is 0.400. The van der Waals surface area contributed by atoms with Crippen molar-refractivity contribution in [1.82, 2.24) is 30.4 Å². The van der Waals surface area contributed by atoms with E-state index in [1.807, 2.05) is 0 Å². The van der Waals surface area contributed by atoms with Crippen molar-refractivity contribution >= 4 is 0 Å².